The summed E-state index contributed by atoms with van der Waals surface area (Å²) >= 11 is 0. The van der Waals surface area contributed by atoms with Gasteiger partial charge in [0.15, 0.2) is 0 Å². The summed E-state index contributed by atoms with van der Waals surface area (Å²) in [5.41, 5.74) is 1.76. The van der Waals surface area contributed by atoms with Gasteiger partial charge >= 0.3 is 0 Å². The quantitative estimate of drug-likeness (QED) is 0.789. The van der Waals surface area contributed by atoms with E-state index in [1.807, 2.05) is 10.6 Å². The molecule has 2 heterocycles. The van der Waals surface area contributed by atoms with Crippen molar-refractivity contribution in [3.8, 4) is 0 Å². The van der Waals surface area contributed by atoms with Crippen LogP contribution in [0.5, 0.6) is 0 Å². The fourth-order valence-electron chi connectivity index (χ4n) is 1.80. The molecule has 0 unspecified atom stereocenters. The Kier molecular flexibility index (Phi) is 2.73. The third kappa shape index (κ3) is 1.83. The van der Waals surface area contributed by atoms with E-state index in [2.05, 4.69) is 23.8 Å². The second-order valence-corrected chi connectivity index (χ2v) is 4.28. The third-order valence-electron chi connectivity index (χ3n) is 2.48. The SMILES string of the molecule is CC(=O)Cc1nc(C(C)C)n2ccncc12. The molecule has 2 rings (SSSR count). The van der Waals surface area contributed by atoms with E-state index in [-0.39, 0.29) is 5.78 Å². The lowest BCUT2D eigenvalue weighted by Gasteiger charge is -2.02. The second kappa shape index (κ2) is 4.04. The van der Waals surface area contributed by atoms with Gasteiger partial charge in [-0.05, 0) is 6.92 Å². The zero-order valence-electron chi connectivity index (χ0n) is 9.77. The van der Waals surface area contributed by atoms with Gasteiger partial charge in [0.1, 0.15) is 11.6 Å². The highest BCUT2D eigenvalue weighted by molar-refractivity contribution is 5.80. The first-order valence-electron chi connectivity index (χ1n) is 5.40. The van der Waals surface area contributed by atoms with Gasteiger partial charge in [-0.1, -0.05) is 13.8 Å². The Morgan fingerprint density at radius 3 is 2.88 bits per heavy atom. The molecule has 0 atom stereocenters. The molecule has 0 spiro atoms. The molecule has 4 heteroatoms. The number of nitrogens with zero attached hydrogens (tertiary/aromatic N) is 3. The first-order valence-corrected chi connectivity index (χ1v) is 5.40. The van der Waals surface area contributed by atoms with Crippen molar-refractivity contribution in [1.82, 2.24) is 14.4 Å². The van der Waals surface area contributed by atoms with E-state index in [1.165, 1.54) is 0 Å². The maximum absolute atomic E-state index is 11.2. The highest BCUT2D eigenvalue weighted by Gasteiger charge is 2.14. The van der Waals surface area contributed by atoms with E-state index in [9.17, 15) is 4.79 Å². The van der Waals surface area contributed by atoms with Crippen molar-refractivity contribution in [2.45, 2.75) is 33.1 Å². The minimum absolute atomic E-state index is 0.124. The summed E-state index contributed by atoms with van der Waals surface area (Å²) in [5, 5.41) is 0. The number of carbonyl (C=O) groups excluding carboxylic acids is 1. The van der Waals surface area contributed by atoms with E-state index >= 15 is 0 Å². The average Bonchev–Trinajstić information content (AvgIpc) is 2.57. The molecular weight excluding hydrogens is 202 g/mol. The van der Waals surface area contributed by atoms with Crippen LogP contribution < -0.4 is 0 Å². The molecule has 0 aliphatic carbocycles. The van der Waals surface area contributed by atoms with Gasteiger partial charge in [-0.3, -0.25) is 9.78 Å². The molecule has 2 aromatic heterocycles. The van der Waals surface area contributed by atoms with Gasteiger partial charge in [-0.2, -0.15) is 0 Å². The van der Waals surface area contributed by atoms with Crippen LogP contribution in [-0.4, -0.2) is 20.2 Å². The summed E-state index contributed by atoms with van der Waals surface area (Å²) in [6.07, 6.45) is 5.76. The minimum Gasteiger partial charge on any atom is -0.300 e. The number of fused-ring (bicyclic) bond motifs is 1. The van der Waals surface area contributed by atoms with Gasteiger partial charge in [-0.15, -0.1) is 0 Å². The van der Waals surface area contributed by atoms with Crippen LogP contribution in [0.25, 0.3) is 5.52 Å². The molecule has 0 amide bonds. The van der Waals surface area contributed by atoms with Crippen molar-refractivity contribution in [2.75, 3.05) is 0 Å². The fourth-order valence-corrected chi connectivity index (χ4v) is 1.80. The van der Waals surface area contributed by atoms with E-state index in [1.54, 1.807) is 19.3 Å². The summed E-state index contributed by atoms with van der Waals surface area (Å²) in [7, 11) is 0. The van der Waals surface area contributed by atoms with Gasteiger partial charge < -0.3 is 4.40 Å². The summed E-state index contributed by atoms with van der Waals surface area (Å²) < 4.78 is 2.01. The van der Waals surface area contributed by atoms with Gasteiger partial charge in [0, 0.05) is 18.3 Å². The molecule has 0 fully saturated rings. The van der Waals surface area contributed by atoms with Crippen molar-refractivity contribution < 1.29 is 4.79 Å². The van der Waals surface area contributed by atoms with Crippen LogP contribution in [0.4, 0.5) is 0 Å². The normalized spacial score (nSPS) is 11.2. The topological polar surface area (TPSA) is 47.3 Å². The molecule has 0 saturated heterocycles. The van der Waals surface area contributed by atoms with Crippen molar-refractivity contribution in [1.29, 1.82) is 0 Å². The predicted octanol–water partition coefficient (Wildman–Crippen LogP) is 1.98. The Morgan fingerprint density at radius 1 is 1.50 bits per heavy atom. The summed E-state index contributed by atoms with van der Waals surface area (Å²) in [6.45, 7) is 5.76. The molecule has 16 heavy (non-hydrogen) atoms. The minimum atomic E-state index is 0.124. The molecule has 84 valence electrons. The molecule has 0 N–H and O–H groups in total. The first kappa shape index (κ1) is 10.8. The van der Waals surface area contributed by atoms with Crippen LogP contribution in [0.1, 0.15) is 38.2 Å². The summed E-state index contributed by atoms with van der Waals surface area (Å²) in [6, 6.07) is 0. The number of ketones is 1. The number of Topliss-reactive ketones (excluding diaryl/α,β-unsaturated/α-hetero) is 1. The smallest absolute Gasteiger partial charge is 0.135 e. The molecule has 0 aliphatic heterocycles. The molecule has 2 aromatic rings. The van der Waals surface area contributed by atoms with Crippen LogP contribution in [0.3, 0.4) is 0 Å². The van der Waals surface area contributed by atoms with Gasteiger partial charge in [0.2, 0.25) is 0 Å². The zero-order valence-corrected chi connectivity index (χ0v) is 9.77. The average molecular weight is 217 g/mol. The van der Waals surface area contributed by atoms with Gasteiger partial charge in [-0.25, -0.2) is 4.98 Å². The monoisotopic (exact) mass is 217 g/mol. The lowest BCUT2D eigenvalue weighted by atomic mass is 10.2. The molecule has 0 radical (unpaired) electrons. The third-order valence-corrected chi connectivity index (χ3v) is 2.48. The Bertz CT molecular complexity index is 528. The van der Waals surface area contributed by atoms with E-state index in [0.717, 1.165) is 17.0 Å². The number of aromatic nitrogens is 3. The van der Waals surface area contributed by atoms with Gasteiger partial charge in [0.25, 0.3) is 0 Å². The summed E-state index contributed by atoms with van der Waals surface area (Å²) in [5.74, 6) is 1.43. The Balaban J connectivity index is 2.62. The standard InChI is InChI=1S/C12H15N3O/c1-8(2)12-14-10(6-9(3)16)11-7-13-4-5-15(11)12/h4-5,7-8H,6H2,1-3H3. The number of hydrogen-bond donors (Lipinski definition) is 0. The maximum atomic E-state index is 11.2. The van der Waals surface area contributed by atoms with Crippen LogP contribution in [0.15, 0.2) is 18.6 Å². The number of hydrogen-bond acceptors (Lipinski definition) is 3. The molecule has 4 nitrogen and oxygen atoms in total. The van der Waals surface area contributed by atoms with Crippen LogP contribution in [0, 0.1) is 0 Å². The van der Waals surface area contributed by atoms with E-state index in [0.29, 0.717) is 12.3 Å². The number of imidazole rings is 1. The largest absolute Gasteiger partial charge is 0.300 e. The van der Waals surface area contributed by atoms with E-state index < -0.39 is 0 Å². The Morgan fingerprint density at radius 2 is 2.25 bits per heavy atom. The van der Waals surface area contributed by atoms with Crippen molar-refractivity contribution in [3.63, 3.8) is 0 Å². The zero-order chi connectivity index (χ0) is 11.7. The molecular formula is C12H15N3O. The van der Waals surface area contributed by atoms with E-state index in [4.69, 9.17) is 0 Å². The fraction of sp³-hybridized carbons (Fsp3) is 0.417. The van der Waals surface area contributed by atoms with Crippen LogP contribution >= 0.6 is 0 Å². The molecule has 0 bridgehead atoms. The van der Waals surface area contributed by atoms with Crippen molar-refractivity contribution in [2.24, 2.45) is 0 Å². The Hall–Kier alpha value is -1.71. The lowest BCUT2D eigenvalue weighted by Crippen LogP contribution is -1.97. The predicted molar refractivity (Wildman–Crippen MR) is 61.5 cm³/mol. The van der Waals surface area contributed by atoms with Gasteiger partial charge in [0.05, 0.1) is 23.8 Å². The lowest BCUT2D eigenvalue weighted by molar-refractivity contribution is -0.116. The molecule has 0 saturated carbocycles. The molecule has 0 aromatic carbocycles. The maximum Gasteiger partial charge on any atom is 0.135 e. The summed E-state index contributed by atoms with van der Waals surface area (Å²) in [4.78, 5) is 19.8. The highest BCUT2D eigenvalue weighted by Crippen LogP contribution is 2.19. The number of rotatable bonds is 3. The van der Waals surface area contributed by atoms with Crippen LogP contribution in [-0.2, 0) is 11.2 Å². The number of carbonyl (C=O) groups is 1. The highest BCUT2D eigenvalue weighted by atomic mass is 16.1. The Labute approximate surface area is 94.3 Å². The van der Waals surface area contributed by atoms with Crippen LogP contribution in [0.2, 0.25) is 0 Å². The van der Waals surface area contributed by atoms with Crippen molar-refractivity contribution in [3.05, 3.63) is 30.1 Å². The first-order chi connectivity index (χ1) is 7.59. The second-order valence-electron chi connectivity index (χ2n) is 4.28. The molecule has 0 aliphatic rings. The van der Waals surface area contributed by atoms with Crippen molar-refractivity contribution >= 4 is 11.3 Å².